The summed E-state index contributed by atoms with van der Waals surface area (Å²) in [6.07, 6.45) is 3.47. The molecule has 0 aliphatic rings. The average Bonchev–Trinajstić information content (AvgIpc) is 2.79. The van der Waals surface area contributed by atoms with Crippen molar-refractivity contribution in [1.82, 2.24) is 14.1 Å². The fraction of sp³-hybridized carbons (Fsp3) is 0.125. The lowest BCUT2D eigenvalue weighted by Crippen LogP contribution is -2.42. The minimum atomic E-state index is -0.538. The van der Waals surface area contributed by atoms with E-state index in [4.69, 9.17) is 0 Å². The Hall–Kier alpha value is -3.93. The van der Waals surface area contributed by atoms with Gasteiger partial charge in [0.15, 0.2) is 0 Å². The van der Waals surface area contributed by atoms with Crippen molar-refractivity contribution >= 4 is 0 Å². The summed E-state index contributed by atoms with van der Waals surface area (Å²) in [5, 5.41) is 10.9. The fourth-order valence-corrected chi connectivity index (χ4v) is 3.42. The molecule has 30 heavy (non-hydrogen) atoms. The van der Waals surface area contributed by atoms with Crippen LogP contribution in [-0.4, -0.2) is 19.2 Å². The van der Waals surface area contributed by atoms with Crippen molar-refractivity contribution in [3.63, 3.8) is 0 Å². The monoisotopic (exact) mass is 399 g/mol. The van der Waals surface area contributed by atoms with E-state index in [-0.39, 0.29) is 31.0 Å². The third kappa shape index (κ3) is 4.07. The van der Waals surface area contributed by atoms with Gasteiger partial charge in [-0.1, -0.05) is 60.7 Å². The molecule has 4 aromatic rings. The Bertz CT molecular complexity index is 1170. The smallest absolute Gasteiger partial charge is 0.334 e. The van der Waals surface area contributed by atoms with Crippen LogP contribution in [0.5, 0.6) is 5.88 Å². The van der Waals surface area contributed by atoms with Crippen LogP contribution in [0.2, 0.25) is 0 Å². The minimum absolute atomic E-state index is 0.136. The maximum Gasteiger partial charge on any atom is 0.334 e. The van der Waals surface area contributed by atoms with E-state index in [1.165, 1.54) is 9.13 Å². The van der Waals surface area contributed by atoms with E-state index in [0.717, 1.165) is 16.7 Å². The number of nitrogens with zero attached hydrogens (tertiary/aromatic N) is 3. The van der Waals surface area contributed by atoms with E-state index in [1.54, 1.807) is 24.5 Å². The van der Waals surface area contributed by atoms with Crippen LogP contribution < -0.4 is 11.2 Å². The lowest BCUT2D eigenvalue weighted by atomic mass is 10.1. The highest BCUT2D eigenvalue weighted by atomic mass is 16.3. The quantitative estimate of drug-likeness (QED) is 0.541. The van der Waals surface area contributed by atoms with Crippen LogP contribution in [-0.2, 0) is 19.5 Å². The van der Waals surface area contributed by atoms with E-state index >= 15 is 0 Å². The van der Waals surface area contributed by atoms with Crippen molar-refractivity contribution in [3.8, 4) is 5.88 Å². The number of pyridine rings is 1. The minimum Gasteiger partial charge on any atom is -0.494 e. The number of aromatic hydroxyl groups is 1. The largest absolute Gasteiger partial charge is 0.494 e. The van der Waals surface area contributed by atoms with E-state index in [9.17, 15) is 14.7 Å². The summed E-state index contributed by atoms with van der Waals surface area (Å²) in [4.78, 5) is 30.4. The normalized spacial score (nSPS) is 10.8. The molecule has 0 aliphatic heterocycles. The van der Waals surface area contributed by atoms with E-state index in [2.05, 4.69) is 4.98 Å². The maximum absolute atomic E-state index is 13.2. The number of rotatable bonds is 6. The first kappa shape index (κ1) is 19.4. The van der Waals surface area contributed by atoms with Gasteiger partial charge in [-0.15, -0.1) is 0 Å². The van der Waals surface area contributed by atoms with Crippen molar-refractivity contribution in [2.75, 3.05) is 0 Å². The molecular weight excluding hydrogens is 378 g/mol. The Balaban J connectivity index is 1.86. The molecule has 0 amide bonds. The van der Waals surface area contributed by atoms with Crippen LogP contribution in [0.25, 0.3) is 0 Å². The van der Waals surface area contributed by atoms with Crippen molar-refractivity contribution in [2.24, 2.45) is 0 Å². The molecule has 0 atom stereocenters. The third-order valence-corrected chi connectivity index (χ3v) is 4.99. The molecule has 0 aliphatic carbocycles. The summed E-state index contributed by atoms with van der Waals surface area (Å²) in [7, 11) is 0. The molecule has 0 fully saturated rings. The van der Waals surface area contributed by atoms with Gasteiger partial charge in [0.05, 0.1) is 18.7 Å². The van der Waals surface area contributed by atoms with Gasteiger partial charge >= 0.3 is 5.69 Å². The zero-order valence-electron chi connectivity index (χ0n) is 16.3. The van der Waals surface area contributed by atoms with Crippen molar-refractivity contribution in [2.45, 2.75) is 19.5 Å². The van der Waals surface area contributed by atoms with Crippen LogP contribution in [0.1, 0.15) is 22.3 Å². The Morgan fingerprint density at radius 2 is 1.23 bits per heavy atom. The number of benzene rings is 2. The lowest BCUT2D eigenvalue weighted by molar-refractivity contribution is 0.393. The van der Waals surface area contributed by atoms with Crippen LogP contribution in [0.3, 0.4) is 0 Å². The predicted molar refractivity (Wildman–Crippen MR) is 115 cm³/mol. The van der Waals surface area contributed by atoms with Gasteiger partial charge in [-0.2, -0.15) is 0 Å². The van der Waals surface area contributed by atoms with Crippen molar-refractivity contribution in [1.29, 1.82) is 0 Å². The highest BCUT2D eigenvalue weighted by Crippen LogP contribution is 2.17. The maximum atomic E-state index is 13.2. The number of hydrogen-bond donors (Lipinski definition) is 1. The Morgan fingerprint density at radius 1 is 0.700 bits per heavy atom. The molecule has 2 aromatic carbocycles. The van der Waals surface area contributed by atoms with Crippen molar-refractivity contribution < 1.29 is 5.11 Å². The van der Waals surface area contributed by atoms with E-state index in [0.29, 0.717) is 0 Å². The Labute approximate surface area is 173 Å². The predicted octanol–water partition coefficient (Wildman–Crippen LogP) is 2.80. The molecule has 6 nitrogen and oxygen atoms in total. The summed E-state index contributed by atoms with van der Waals surface area (Å²) in [5.74, 6) is -0.296. The molecule has 0 unspecified atom stereocenters. The zero-order valence-corrected chi connectivity index (χ0v) is 16.3. The second kappa shape index (κ2) is 8.61. The molecule has 1 N–H and O–H groups in total. The van der Waals surface area contributed by atoms with Gasteiger partial charge in [-0.3, -0.25) is 18.9 Å². The molecule has 2 heterocycles. The average molecular weight is 399 g/mol. The second-order valence-corrected chi connectivity index (χ2v) is 7.07. The first-order valence-electron chi connectivity index (χ1n) is 9.65. The molecule has 0 saturated carbocycles. The molecule has 4 rings (SSSR count). The van der Waals surface area contributed by atoms with Gasteiger partial charge in [0.2, 0.25) is 5.88 Å². The Kier molecular flexibility index (Phi) is 5.57. The van der Waals surface area contributed by atoms with Crippen LogP contribution in [0.4, 0.5) is 0 Å². The van der Waals surface area contributed by atoms with E-state index < -0.39 is 11.2 Å². The molecule has 0 radical (unpaired) electrons. The molecule has 0 saturated heterocycles. The van der Waals surface area contributed by atoms with Crippen molar-refractivity contribution in [3.05, 3.63) is 128 Å². The second-order valence-electron chi connectivity index (χ2n) is 7.07. The fourth-order valence-electron chi connectivity index (χ4n) is 3.42. The van der Waals surface area contributed by atoms with E-state index in [1.807, 2.05) is 60.7 Å². The topological polar surface area (TPSA) is 77.1 Å². The molecule has 150 valence electrons. The zero-order chi connectivity index (χ0) is 20.9. The van der Waals surface area contributed by atoms with Gasteiger partial charge in [0.1, 0.15) is 0 Å². The van der Waals surface area contributed by atoms with Gasteiger partial charge in [-0.05, 0) is 28.8 Å². The standard InChI is InChI=1S/C24H21N3O3/c28-22-21(15-18-11-13-25-14-12-18)23(29)27(17-20-9-5-2-6-10-20)24(30)26(22)16-19-7-3-1-4-8-19/h1-14,28H,15-17H2. The molecule has 2 aromatic heterocycles. The highest BCUT2D eigenvalue weighted by molar-refractivity contribution is 5.31. The van der Waals surface area contributed by atoms with Crippen LogP contribution in [0.15, 0.2) is 94.8 Å². The summed E-state index contributed by atoms with van der Waals surface area (Å²) in [6, 6.07) is 22.3. The van der Waals surface area contributed by atoms with Crippen LogP contribution >= 0.6 is 0 Å². The number of aromatic nitrogens is 3. The SMILES string of the molecule is O=c1c(Cc2ccncc2)c(O)n(Cc2ccccc2)c(=O)n1Cc1ccccc1. The van der Waals surface area contributed by atoms with Gasteiger partial charge in [-0.25, -0.2) is 4.79 Å². The molecular formula is C24H21N3O3. The summed E-state index contributed by atoms with van der Waals surface area (Å²) in [6.45, 7) is 0.306. The molecule has 0 spiro atoms. The lowest BCUT2D eigenvalue weighted by Gasteiger charge is -2.16. The first-order chi connectivity index (χ1) is 14.6. The summed E-state index contributed by atoms with van der Waals surface area (Å²) >= 11 is 0. The molecule has 0 bridgehead atoms. The third-order valence-electron chi connectivity index (χ3n) is 4.99. The summed E-state index contributed by atoms with van der Waals surface area (Å²) < 4.78 is 2.45. The molecule has 6 heteroatoms. The summed E-state index contributed by atoms with van der Waals surface area (Å²) in [5.41, 5.74) is 1.69. The number of hydrogen-bond acceptors (Lipinski definition) is 4. The van der Waals surface area contributed by atoms with Gasteiger partial charge in [0.25, 0.3) is 5.56 Å². The highest BCUT2D eigenvalue weighted by Gasteiger charge is 2.19. The van der Waals surface area contributed by atoms with Gasteiger partial charge in [0, 0.05) is 18.8 Å². The van der Waals surface area contributed by atoms with Gasteiger partial charge < -0.3 is 5.11 Å². The first-order valence-corrected chi connectivity index (χ1v) is 9.65. The Morgan fingerprint density at radius 3 is 1.80 bits per heavy atom. The van der Waals surface area contributed by atoms with Crippen LogP contribution in [0, 0.1) is 0 Å².